The van der Waals surface area contributed by atoms with Crippen LogP contribution in [0.15, 0.2) is 39.1 Å². The smallest absolute Gasteiger partial charge is 0.329 e. The van der Waals surface area contributed by atoms with Gasteiger partial charge in [0.05, 0.1) is 5.70 Å². The van der Waals surface area contributed by atoms with Crippen LogP contribution in [0.2, 0.25) is 0 Å². The van der Waals surface area contributed by atoms with Crippen molar-refractivity contribution in [2.24, 2.45) is 10.9 Å². The van der Waals surface area contributed by atoms with Gasteiger partial charge in [0.1, 0.15) is 0 Å². The van der Waals surface area contributed by atoms with Gasteiger partial charge in [-0.05, 0) is 18.6 Å². The van der Waals surface area contributed by atoms with E-state index in [0.29, 0.717) is 5.70 Å². The molecule has 0 bridgehead atoms. The maximum absolute atomic E-state index is 11.7. The molecule has 0 radical (unpaired) electrons. The Bertz CT molecular complexity index is 497. The van der Waals surface area contributed by atoms with E-state index in [0.717, 1.165) is 5.57 Å². The molecule has 6 heteroatoms. The van der Waals surface area contributed by atoms with Gasteiger partial charge in [-0.15, -0.1) is 0 Å². The second kappa shape index (κ2) is 6.83. The zero-order valence-electron chi connectivity index (χ0n) is 11.6. The fourth-order valence-electron chi connectivity index (χ4n) is 1.40. The van der Waals surface area contributed by atoms with Crippen LogP contribution in [-0.4, -0.2) is 23.9 Å². The zero-order chi connectivity index (χ0) is 15.3. The van der Waals surface area contributed by atoms with Crippen molar-refractivity contribution < 1.29 is 19.1 Å². The third-order valence-electron chi connectivity index (χ3n) is 2.38. The summed E-state index contributed by atoms with van der Waals surface area (Å²) in [5, 5.41) is 0. The van der Waals surface area contributed by atoms with Crippen molar-refractivity contribution in [1.82, 2.24) is 0 Å². The standard InChI is InChI=1S/C14H16INO4/c1-5-9(2)6-10(7-15)16-8-11-12(17)19-14(3,4)20-13(11)18/h5-8,11H,1H2,2-4H3/b9-6-,10-7+,16-8?. The molecule has 1 aliphatic rings. The largest absolute Gasteiger partial charge is 0.422 e. The first kappa shape index (κ1) is 16.6. The summed E-state index contributed by atoms with van der Waals surface area (Å²) < 4.78 is 11.7. The number of halogens is 1. The maximum atomic E-state index is 11.7. The van der Waals surface area contributed by atoms with Crippen molar-refractivity contribution in [3.05, 3.63) is 34.1 Å². The average molecular weight is 389 g/mol. The van der Waals surface area contributed by atoms with Crippen LogP contribution in [0.4, 0.5) is 0 Å². The Morgan fingerprint density at radius 3 is 2.35 bits per heavy atom. The highest BCUT2D eigenvalue weighted by molar-refractivity contribution is 14.1. The lowest BCUT2D eigenvalue weighted by atomic mass is 10.1. The van der Waals surface area contributed by atoms with Crippen LogP contribution < -0.4 is 0 Å². The van der Waals surface area contributed by atoms with E-state index in [4.69, 9.17) is 9.47 Å². The van der Waals surface area contributed by atoms with E-state index in [1.54, 1.807) is 16.2 Å². The fraction of sp³-hybridized carbons (Fsp3) is 0.357. The second-order valence-corrected chi connectivity index (χ2v) is 5.25. The van der Waals surface area contributed by atoms with Gasteiger partial charge in [0.25, 0.3) is 5.79 Å². The second-order valence-electron chi connectivity index (χ2n) is 4.62. The first-order chi connectivity index (χ1) is 9.29. The van der Waals surface area contributed by atoms with E-state index in [1.807, 2.05) is 29.5 Å². The molecule has 108 valence electrons. The van der Waals surface area contributed by atoms with Crippen LogP contribution in [0.25, 0.3) is 0 Å². The van der Waals surface area contributed by atoms with E-state index in [9.17, 15) is 9.59 Å². The number of cyclic esters (lactones) is 2. The van der Waals surface area contributed by atoms with Crippen molar-refractivity contribution in [3.63, 3.8) is 0 Å². The lowest BCUT2D eigenvalue weighted by Gasteiger charge is -2.31. The molecule has 1 rings (SSSR count). The van der Waals surface area contributed by atoms with Crippen molar-refractivity contribution in [2.45, 2.75) is 26.6 Å². The van der Waals surface area contributed by atoms with Gasteiger partial charge in [0.2, 0.25) is 0 Å². The molecule has 0 saturated carbocycles. The normalized spacial score (nSPS) is 20.8. The molecule has 1 saturated heterocycles. The molecule has 0 aromatic heterocycles. The Kier molecular flexibility index (Phi) is 5.67. The minimum Gasteiger partial charge on any atom is -0.422 e. The quantitative estimate of drug-likeness (QED) is 0.244. The topological polar surface area (TPSA) is 65.0 Å². The summed E-state index contributed by atoms with van der Waals surface area (Å²) in [5.74, 6) is -3.67. The molecule has 20 heavy (non-hydrogen) atoms. The van der Waals surface area contributed by atoms with Gasteiger partial charge >= 0.3 is 11.9 Å². The molecule has 0 aromatic rings. The number of esters is 2. The summed E-state index contributed by atoms with van der Waals surface area (Å²) in [4.78, 5) is 27.6. The SMILES string of the molecule is C=C/C(C)=C\C(=C/I)N=CC1C(=O)OC(C)(C)OC1=O. The highest BCUT2D eigenvalue weighted by atomic mass is 127. The lowest BCUT2D eigenvalue weighted by Crippen LogP contribution is -2.46. The molecule has 0 amide bonds. The first-order valence-electron chi connectivity index (χ1n) is 5.90. The summed E-state index contributed by atoms with van der Waals surface area (Å²) in [6.07, 6.45) is 4.69. The van der Waals surface area contributed by atoms with Gasteiger partial charge in [-0.25, -0.2) is 0 Å². The Morgan fingerprint density at radius 2 is 1.90 bits per heavy atom. The van der Waals surface area contributed by atoms with Crippen molar-refractivity contribution >= 4 is 40.7 Å². The number of nitrogens with zero attached hydrogens (tertiary/aromatic N) is 1. The average Bonchev–Trinajstić information content (AvgIpc) is 2.34. The molecule has 1 heterocycles. The highest BCUT2D eigenvalue weighted by Gasteiger charge is 2.42. The van der Waals surface area contributed by atoms with Crippen LogP contribution in [0.3, 0.4) is 0 Å². The minimum absolute atomic E-state index is 0.605. The van der Waals surface area contributed by atoms with Gasteiger partial charge in [0, 0.05) is 24.1 Å². The van der Waals surface area contributed by atoms with E-state index in [2.05, 4.69) is 11.6 Å². The number of rotatable bonds is 4. The Labute approximate surface area is 131 Å². The van der Waals surface area contributed by atoms with Gasteiger partial charge in [-0.3, -0.25) is 14.6 Å². The van der Waals surface area contributed by atoms with Crippen LogP contribution in [0.1, 0.15) is 20.8 Å². The Morgan fingerprint density at radius 1 is 1.35 bits per heavy atom. The van der Waals surface area contributed by atoms with E-state index < -0.39 is 23.6 Å². The predicted molar refractivity (Wildman–Crippen MR) is 84.3 cm³/mol. The fourth-order valence-corrected chi connectivity index (χ4v) is 1.74. The molecular weight excluding hydrogens is 373 g/mol. The van der Waals surface area contributed by atoms with Crippen molar-refractivity contribution in [1.29, 1.82) is 0 Å². The third-order valence-corrected chi connectivity index (χ3v) is 3.02. The predicted octanol–water partition coefficient (Wildman–Crippen LogP) is 2.92. The Balaban J connectivity index is 2.87. The summed E-state index contributed by atoms with van der Waals surface area (Å²) >= 11 is 2.02. The van der Waals surface area contributed by atoms with E-state index >= 15 is 0 Å². The molecule has 0 atom stereocenters. The van der Waals surface area contributed by atoms with Crippen molar-refractivity contribution in [3.8, 4) is 0 Å². The van der Waals surface area contributed by atoms with E-state index in [1.165, 1.54) is 20.1 Å². The molecule has 0 aliphatic carbocycles. The van der Waals surface area contributed by atoms with Crippen LogP contribution in [0.5, 0.6) is 0 Å². The number of hydrogen-bond acceptors (Lipinski definition) is 5. The minimum atomic E-state index is -1.22. The summed E-state index contributed by atoms with van der Waals surface area (Å²) in [6, 6.07) is 0. The monoisotopic (exact) mass is 389 g/mol. The molecule has 0 N–H and O–H groups in total. The molecule has 5 nitrogen and oxygen atoms in total. The molecule has 0 spiro atoms. The number of carbonyl (C=O) groups is 2. The number of allylic oxidation sites excluding steroid dienone is 3. The summed E-state index contributed by atoms with van der Waals surface area (Å²) in [6.45, 7) is 8.51. The number of aliphatic imine (C=N–C) groups is 1. The van der Waals surface area contributed by atoms with Crippen LogP contribution in [0, 0.1) is 5.92 Å². The lowest BCUT2D eigenvalue weighted by molar-refractivity contribution is -0.235. The molecule has 0 unspecified atom stereocenters. The van der Waals surface area contributed by atoms with Gasteiger partial charge in [-0.2, -0.15) is 0 Å². The van der Waals surface area contributed by atoms with Gasteiger partial charge in [0.15, 0.2) is 5.92 Å². The van der Waals surface area contributed by atoms with E-state index in [-0.39, 0.29) is 0 Å². The van der Waals surface area contributed by atoms with Gasteiger partial charge in [-0.1, -0.05) is 35.2 Å². The summed E-state index contributed by atoms with van der Waals surface area (Å²) in [5.41, 5.74) is 1.52. The molecular formula is C14H16INO4. The zero-order valence-corrected chi connectivity index (χ0v) is 13.7. The molecule has 1 fully saturated rings. The van der Waals surface area contributed by atoms with Crippen molar-refractivity contribution in [2.75, 3.05) is 0 Å². The highest BCUT2D eigenvalue weighted by Crippen LogP contribution is 2.22. The maximum Gasteiger partial charge on any atom is 0.329 e. The first-order valence-corrected chi connectivity index (χ1v) is 7.14. The van der Waals surface area contributed by atoms with Crippen LogP contribution >= 0.6 is 22.6 Å². The molecule has 1 aliphatic heterocycles. The number of carbonyl (C=O) groups excluding carboxylic acids is 2. The Hall–Kier alpha value is -1.44. The number of hydrogen-bond donors (Lipinski definition) is 0. The van der Waals surface area contributed by atoms with Crippen LogP contribution in [-0.2, 0) is 19.1 Å². The molecule has 0 aromatic carbocycles. The van der Waals surface area contributed by atoms with Gasteiger partial charge < -0.3 is 9.47 Å². The summed E-state index contributed by atoms with van der Waals surface area (Å²) in [7, 11) is 0. The number of ether oxygens (including phenoxy) is 2. The third kappa shape index (κ3) is 4.59.